The molecule has 2 aliphatic rings. The van der Waals surface area contributed by atoms with E-state index in [2.05, 4.69) is 9.55 Å². The van der Waals surface area contributed by atoms with Crippen molar-refractivity contribution in [2.45, 2.75) is 33.9 Å². The summed E-state index contributed by atoms with van der Waals surface area (Å²) in [6.07, 6.45) is 0. The lowest BCUT2D eigenvalue weighted by Crippen LogP contribution is -2.08. The molecular formula is C20H21N2O6P. The maximum absolute atomic E-state index is 13.3. The monoisotopic (exact) mass is 416 g/mol. The van der Waals surface area contributed by atoms with Gasteiger partial charge in [0.25, 0.3) is 5.88 Å². The third-order valence-corrected chi connectivity index (χ3v) is 6.77. The Morgan fingerprint density at radius 1 is 1.14 bits per heavy atom. The molecule has 1 aromatic carbocycles. The van der Waals surface area contributed by atoms with E-state index in [1.54, 1.807) is 13.2 Å². The minimum atomic E-state index is -3.92. The van der Waals surface area contributed by atoms with E-state index in [1.165, 1.54) is 0 Å². The Balaban J connectivity index is 1.79. The van der Waals surface area contributed by atoms with E-state index in [-0.39, 0.29) is 5.88 Å². The fourth-order valence-corrected chi connectivity index (χ4v) is 5.11. The number of hydrogen-bond donors (Lipinski definition) is 0. The lowest BCUT2D eigenvalue weighted by molar-refractivity contribution is 0.187. The molecule has 0 amide bonds. The van der Waals surface area contributed by atoms with Crippen LogP contribution in [0.1, 0.15) is 22.4 Å². The summed E-state index contributed by atoms with van der Waals surface area (Å²) < 4.78 is 43.9. The number of methoxy groups -OCH3 is 1. The molecule has 5 bridgehead atoms. The van der Waals surface area contributed by atoms with Crippen LogP contribution in [0.5, 0.6) is 23.3 Å². The Morgan fingerprint density at radius 3 is 2.76 bits per heavy atom. The number of aryl methyl sites for hydroxylation is 1. The number of fused-ring (bicyclic) bond motifs is 7. The van der Waals surface area contributed by atoms with E-state index in [9.17, 15) is 4.57 Å². The van der Waals surface area contributed by atoms with Gasteiger partial charge < -0.3 is 27.6 Å². The Hall–Kier alpha value is -2.70. The molecule has 1 unspecified atom stereocenters. The standard InChI is InChI=1S/C20H21N2O6P/c1-11-13(3)22(8-9-24-4)17-16(11)18-20-21-19(17)25-10-14-6-5-7-15(12(14)2)26-29(23,27-18)28-20/h5-7H,8-10H2,1-4H3. The summed E-state index contributed by atoms with van der Waals surface area (Å²) in [5.74, 6) is 1.27. The van der Waals surface area contributed by atoms with Gasteiger partial charge in [0.2, 0.25) is 11.6 Å². The summed E-state index contributed by atoms with van der Waals surface area (Å²) in [5.41, 5.74) is 4.48. The molecule has 1 atom stereocenters. The van der Waals surface area contributed by atoms with Crippen molar-refractivity contribution in [2.24, 2.45) is 0 Å². The normalized spacial score (nSPS) is 19.3. The molecular weight excluding hydrogens is 395 g/mol. The van der Waals surface area contributed by atoms with E-state index in [0.717, 1.165) is 33.3 Å². The SMILES string of the molecule is COCCn1c(C)c(C)c2c3c4nc(c21)OCc1cccc(c1C)OP(=O)(O4)O3. The van der Waals surface area contributed by atoms with Gasteiger partial charge in [-0.05, 0) is 43.5 Å². The predicted octanol–water partition coefficient (Wildman–Crippen LogP) is 4.46. The summed E-state index contributed by atoms with van der Waals surface area (Å²) in [7, 11) is -2.26. The molecule has 5 rings (SSSR count). The van der Waals surface area contributed by atoms with Crippen LogP contribution in [0.15, 0.2) is 18.2 Å². The highest BCUT2D eigenvalue weighted by Crippen LogP contribution is 2.61. The molecule has 9 heteroatoms. The van der Waals surface area contributed by atoms with Crippen molar-refractivity contribution in [3.8, 4) is 23.3 Å². The zero-order chi connectivity index (χ0) is 20.3. The molecule has 152 valence electrons. The average molecular weight is 416 g/mol. The van der Waals surface area contributed by atoms with Gasteiger partial charge in [-0.15, -0.1) is 0 Å². The minimum absolute atomic E-state index is 0.121. The van der Waals surface area contributed by atoms with Crippen molar-refractivity contribution in [2.75, 3.05) is 13.7 Å². The van der Waals surface area contributed by atoms with Gasteiger partial charge >= 0.3 is 7.82 Å². The van der Waals surface area contributed by atoms with E-state index < -0.39 is 7.82 Å². The fraction of sp³-hybridized carbons (Fsp3) is 0.350. The summed E-state index contributed by atoms with van der Waals surface area (Å²) in [6, 6.07) is 5.49. The smallest absolute Gasteiger partial charge is 0.471 e. The van der Waals surface area contributed by atoms with Gasteiger partial charge in [-0.3, -0.25) is 0 Å². The maximum atomic E-state index is 13.3. The highest BCUT2D eigenvalue weighted by Gasteiger charge is 2.45. The van der Waals surface area contributed by atoms with Crippen molar-refractivity contribution in [3.63, 3.8) is 0 Å². The van der Waals surface area contributed by atoms with Crippen molar-refractivity contribution in [1.29, 1.82) is 0 Å². The fourth-order valence-electron chi connectivity index (χ4n) is 3.83. The number of phosphoric acid groups is 1. The second-order valence-electron chi connectivity index (χ2n) is 7.18. The number of benzene rings is 1. The van der Waals surface area contributed by atoms with Crippen molar-refractivity contribution in [1.82, 2.24) is 9.55 Å². The molecule has 0 aliphatic carbocycles. The van der Waals surface area contributed by atoms with Crippen LogP contribution in [-0.4, -0.2) is 23.3 Å². The van der Waals surface area contributed by atoms with Gasteiger partial charge in [0, 0.05) is 19.3 Å². The second-order valence-corrected chi connectivity index (χ2v) is 8.62. The molecule has 2 aliphatic heterocycles. The van der Waals surface area contributed by atoms with Gasteiger partial charge in [-0.1, -0.05) is 12.1 Å². The number of pyridine rings is 1. The van der Waals surface area contributed by atoms with Crippen LogP contribution in [-0.2, 0) is 22.5 Å². The Bertz CT molecular complexity index is 1200. The van der Waals surface area contributed by atoms with E-state index in [4.69, 9.17) is 23.0 Å². The first kappa shape index (κ1) is 18.3. The van der Waals surface area contributed by atoms with Crippen molar-refractivity contribution >= 4 is 18.7 Å². The quantitative estimate of drug-likeness (QED) is 0.583. The van der Waals surface area contributed by atoms with Crippen LogP contribution < -0.4 is 18.3 Å². The summed E-state index contributed by atoms with van der Waals surface area (Å²) in [6.45, 7) is 7.32. The van der Waals surface area contributed by atoms with Crippen LogP contribution in [0, 0.1) is 20.8 Å². The van der Waals surface area contributed by atoms with Crippen molar-refractivity contribution in [3.05, 3.63) is 40.6 Å². The average Bonchev–Trinajstić information content (AvgIpc) is 3.14. The first-order valence-corrected chi connectivity index (χ1v) is 10.8. The summed E-state index contributed by atoms with van der Waals surface area (Å²) in [5, 5.41) is 0.765. The van der Waals surface area contributed by atoms with Gasteiger partial charge in [0.1, 0.15) is 17.9 Å². The first-order chi connectivity index (χ1) is 13.9. The number of hydrogen-bond acceptors (Lipinski definition) is 7. The first-order valence-electron chi connectivity index (χ1n) is 9.34. The Kier molecular flexibility index (Phi) is 4.05. The summed E-state index contributed by atoms with van der Waals surface area (Å²) in [4.78, 5) is 4.50. The predicted molar refractivity (Wildman–Crippen MR) is 106 cm³/mol. The molecule has 2 aromatic heterocycles. The third kappa shape index (κ3) is 2.70. The third-order valence-electron chi connectivity index (χ3n) is 5.55. The molecule has 0 N–H and O–H groups in total. The highest BCUT2D eigenvalue weighted by molar-refractivity contribution is 7.50. The number of aromatic nitrogens is 2. The highest BCUT2D eigenvalue weighted by atomic mass is 31.2. The van der Waals surface area contributed by atoms with Crippen LogP contribution in [0.4, 0.5) is 0 Å². The topological polar surface area (TPSA) is 81.0 Å². The lowest BCUT2D eigenvalue weighted by atomic mass is 10.1. The Morgan fingerprint density at radius 2 is 1.97 bits per heavy atom. The van der Waals surface area contributed by atoms with Crippen molar-refractivity contribution < 1.29 is 27.6 Å². The van der Waals surface area contributed by atoms with Gasteiger partial charge in [-0.25, -0.2) is 0 Å². The van der Waals surface area contributed by atoms with Crippen LogP contribution in [0.2, 0.25) is 0 Å². The molecule has 29 heavy (non-hydrogen) atoms. The summed E-state index contributed by atoms with van der Waals surface area (Å²) >= 11 is 0. The number of phosphoric ester groups is 1. The minimum Gasteiger partial charge on any atom is -0.471 e. The molecule has 3 aromatic rings. The molecule has 0 saturated heterocycles. The van der Waals surface area contributed by atoms with E-state index >= 15 is 0 Å². The lowest BCUT2D eigenvalue weighted by Gasteiger charge is -2.16. The second kappa shape index (κ2) is 6.40. The van der Waals surface area contributed by atoms with Crippen LogP contribution in [0.3, 0.4) is 0 Å². The van der Waals surface area contributed by atoms with E-state index in [0.29, 0.717) is 37.1 Å². The molecule has 4 heterocycles. The van der Waals surface area contributed by atoms with Crippen LogP contribution >= 0.6 is 7.82 Å². The Labute approximate surface area is 167 Å². The number of ether oxygens (including phenoxy) is 2. The molecule has 0 radical (unpaired) electrons. The maximum Gasteiger partial charge on any atom is 0.648 e. The van der Waals surface area contributed by atoms with Gasteiger partial charge in [0.05, 0.1) is 12.0 Å². The van der Waals surface area contributed by atoms with Crippen LogP contribution in [0.25, 0.3) is 10.9 Å². The van der Waals surface area contributed by atoms with Gasteiger partial charge in [0.15, 0.2) is 0 Å². The number of nitrogens with zero attached hydrogens (tertiary/aromatic N) is 2. The zero-order valence-electron chi connectivity index (χ0n) is 16.6. The number of rotatable bonds is 3. The van der Waals surface area contributed by atoms with E-state index in [1.807, 2.05) is 32.9 Å². The zero-order valence-corrected chi connectivity index (χ0v) is 17.5. The largest absolute Gasteiger partial charge is 0.648 e. The molecule has 0 spiro atoms. The molecule has 0 fully saturated rings. The molecule has 0 saturated carbocycles. The molecule has 8 nitrogen and oxygen atoms in total. The van der Waals surface area contributed by atoms with Gasteiger partial charge in [-0.2, -0.15) is 9.55 Å².